The number of benzene rings is 2. The van der Waals surface area contributed by atoms with Crippen molar-refractivity contribution in [3.63, 3.8) is 0 Å². The van der Waals surface area contributed by atoms with Gasteiger partial charge in [0.2, 0.25) is 0 Å². The molecule has 28 heavy (non-hydrogen) atoms. The molecule has 0 saturated carbocycles. The highest BCUT2D eigenvalue weighted by Crippen LogP contribution is 2.28. The predicted molar refractivity (Wildman–Crippen MR) is 101 cm³/mol. The summed E-state index contributed by atoms with van der Waals surface area (Å²) in [7, 11) is 2.80. The van der Waals surface area contributed by atoms with Crippen molar-refractivity contribution in [1.29, 1.82) is 0 Å². The first-order valence-electron chi connectivity index (χ1n) is 8.75. The van der Waals surface area contributed by atoms with E-state index in [2.05, 4.69) is 17.8 Å². The Labute approximate surface area is 162 Å². The van der Waals surface area contributed by atoms with Crippen LogP contribution in [0.25, 0.3) is 0 Å². The van der Waals surface area contributed by atoms with Crippen LogP contribution in [0, 0.1) is 5.82 Å². The first-order chi connectivity index (χ1) is 13.5. The smallest absolute Gasteiger partial charge is 0.269 e. The standard InChI is InChI=1S/C20H23FN2O5/c1-4-5-10-28-17-9-7-14(12-18(17)27-3)20(25)23-22-19(24)13-6-8-16(26-2)15(21)11-13/h6-9,11-12H,4-5,10H2,1-3H3,(H,22,24)(H,23,25). The van der Waals surface area contributed by atoms with Crippen LogP contribution < -0.4 is 25.1 Å². The minimum Gasteiger partial charge on any atom is -0.494 e. The van der Waals surface area contributed by atoms with Gasteiger partial charge in [0.1, 0.15) is 0 Å². The lowest BCUT2D eigenvalue weighted by Gasteiger charge is -2.12. The van der Waals surface area contributed by atoms with Gasteiger partial charge in [0.05, 0.1) is 20.8 Å². The van der Waals surface area contributed by atoms with Crippen LogP contribution in [0.4, 0.5) is 4.39 Å². The van der Waals surface area contributed by atoms with Gasteiger partial charge in [-0.1, -0.05) is 13.3 Å². The Balaban J connectivity index is 2.00. The molecular formula is C20H23FN2O5. The maximum atomic E-state index is 13.7. The van der Waals surface area contributed by atoms with Crippen molar-refractivity contribution in [2.75, 3.05) is 20.8 Å². The molecule has 2 rings (SSSR count). The first kappa shape index (κ1) is 21.0. The fourth-order valence-corrected chi connectivity index (χ4v) is 2.32. The summed E-state index contributed by atoms with van der Waals surface area (Å²) in [6.07, 6.45) is 1.91. The molecule has 2 amide bonds. The van der Waals surface area contributed by atoms with E-state index in [0.29, 0.717) is 18.1 Å². The minimum absolute atomic E-state index is 0.0222. The van der Waals surface area contributed by atoms with Crippen LogP contribution in [0.3, 0.4) is 0 Å². The Bertz CT molecular complexity index is 841. The van der Waals surface area contributed by atoms with Crippen molar-refractivity contribution in [1.82, 2.24) is 10.9 Å². The van der Waals surface area contributed by atoms with Gasteiger partial charge in [0.25, 0.3) is 11.8 Å². The van der Waals surface area contributed by atoms with Gasteiger partial charge in [-0.05, 0) is 42.8 Å². The molecular weight excluding hydrogens is 367 g/mol. The van der Waals surface area contributed by atoms with E-state index in [1.165, 1.54) is 32.4 Å². The molecule has 2 N–H and O–H groups in total. The summed E-state index contributed by atoms with van der Waals surface area (Å²) < 4.78 is 29.4. The van der Waals surface area contributed by atoms with Gasteiger partial charge in [0.15, 0.2) is 23.1 Å². The zero-order chi connectivity index (χ0) is 20.5. The monoisotopic (exact) mass is 390 g/mol. The number of hydrogen-bond donors (Lipinski definition) is 2. The molecule has 0 aliphatic heterocycles. The number of nitrogens with one attached hydrogen (secondary N) is 2. The highest BCUT2D eigenvalue weighted by Gasteiger charge is 2.14. The van der Waals surface area contributed by atoms with Gasteiger partial charge in [0, 0.05) is 11.1 Å². The van der Waals surface area contributed by atoms with Gasteiger partial charge in [-0.2, -0.15) is 0 Å². The van der Waals surface area contributed by atoms with Crippen molar-refractivity contribution in [3.05, 3.63) is 53.3 Å². The predicted octanol–water partition coefficient (Wildman–Crippen LogP) is 3.10. The molecule has 0 fully saturated rings. The number of rotatable bonds is 8. The molecule has 0 unspecified atom stereocenters. The molecule has 0 saturated heterocycles. The minimum atomic E-state index is -0.676. The summed E-state index contributed by atoms with van der Waals surface area (Å²) in [5, 5.41) is 0. The lowest BCUT2D eigenvalue weighted by Crippen LogP contribution is -2.41. The topological polar surface area (TPSA) is 85.9 Å². The molecule has 0 atom stereocenters. The molecule has 0 aromatic heterocycles. The van der Waals surface area contributed by atoms with Crippen LogP contribution in [0.1, 0.15) is 40.5 Å². The van der Waals surface area contributed by atoms with Crippen LogP contribution in [0.5, 0.6) is 17.2 Å². The van der Waals surface area contributed by atoms with E-state index in [1.807, 2.05) is 0 Å². The van der Waals surface area contributed by atoms with Crippen LogP contribution in [-0.2, 0) is 0 Å². The Morgan fingerprint density at radius 1 is 0.893 bits per heavy atom. The maximum absolute atomic E-state index is 13.7. The summed E-state index contributed by atoms with van der Waals surface area (Å²) >= 11 is 0. The lowest BCUT2D eigenvalue weighted by atomic mass is 10.2. The SMILES string of the molecule is CCCCOc1ccc(C(=O)NNC(=O)c2ccc(OC)c(F)c2)cc1OC. The second-order valence-electron chi connectivity index (χ2n) is 5.83. The molecule has 0 aliphatic rings. The van der Waals surface area contributed by atoms with E-state index < -0.39 is 17.6 Å². The number of carbonyl (C=O) groups is 2. The van der Waals surface area contributed by atoms with Gasteiger partial charge in [-0.3, -0.25) is 20.4 Å². The molecule has 0 aliphatic carbocycles. The van der Waals surface area contributed by atoms with Gasteiger partial charge in [-0.15, -0.1) is 0 Å². The third-order valence-corrected chi connectivity index (χ3v) is 3.88. The van der Waals surface area contributed by atoms with Crippen LogP contribution >= 0.6 is 0 Å². The van der Waals surface area contributed by atoms with E-state index in [0.717, 1.165) is 18.9 Å². The third-order valence-electron chi connectivity index (χ3n) is 3.88. The molecule has 0 radical (unpaired) electrons. The molecule has 150 valence electrons. The number of halogens is 1. The molecule has 2 aromatic rings. The van der Waals surface area contributed by atoms with Crippen LogP contribution in [0.2, 0.25) is 0 Å². The number of carbonyl (C=O) groups excluding carboxylic acids is 2. The number of hydrogen-bond acceptors (Lipinski definition) is 5. The maximum Gasteiger partial charge on any atom is 0.269 e. The third kappa shape index (κ3) is 5.35. The van der Waals surface area contributed by atoms with E-state index in [4.69, 9.17) is 14.2 Å². The van der Waals surface area contributed by atoms with Crippen molar-refractivity contribution in [2.24, 2.45) is 0 Å². The highest BCUT2D eigenvalue weighted by molar-refractivity contribution is 5.99. The number of methoxy groups -OCH3 is 2. The Morgan fingerprint density at radius 2 is 1.46 bits per heavy atom. The number of hydrazine groups is 1. The number of unbranched alkanes of at least 4 members (excludes halogenated alkanes) is 1. The van der Waals surface area contributed by atoms with E-state index in [1.54, 1.807) is 12.1 Å². The van der Waals surface area contributed by atoms with Crippen LogP contribution in [0.15, 0.2) is 36.4 Å². The van der Waals surface area contributed by atoms with Gasteiger partial charge in [-0.25, -0.2) is 4.39 Å². The van der Waals surface area contributed by atoms with Gasteiger partial charge < -0.3 is 14.2 Å². The largest absolute Gasteiger partial charge is 0.494 e. The first-order valence-corrected chi connectivity index (χ1v) is 8.75. The molecule has 0 bridgehead atoms. The van der Waals surface area contributed by atoms with Gasteiger partial charge >= 0.3 is 0 Å². The summed E-state index contributed by atoms with van der Waals surface area (Å²) in [5.41, 5.74) is 4.82. The van der Waals surface area contributed by atoms with Crippen LogP contribution in [-0.4, -0.2) is 32.6 Å². The quantitative estimate of drug-likeness (QED) is 0.534. The van der Waals surface area contributed by atoms with E-state index in [-0.39, 0.29) is 16.9 Å². The number of ether oxygens (including phenoxy) is 3. The summed E-state index contributed by atoms with van der Waals surface area (Å²) in [6.45, 7) is 2.61. The highest BCUT2D eigenvalue weighted by atomic mass is 19.1. The molecule has 7 nitrogen and oxygen atoms in total. The van der Waals surface area contributed by atoms with Crippen molar-refractivity contribution in [3.8, 4) is 17.2 Å². The Kier molecular flexibility index (Phi) is 7.62. The fraction of sp³-hybridized carbons (Fsp3) is 0.300. The van der Waals surface area contributed by atoms with Crippen molar-refractivity contribution in [2.45, 2.75) is 19.8 Å². The summed E-state index contributed by atoms with van der Waals surface area (Å²) in [6, 6.07) is 8.42. The van der Waals surface area contributed by atoms with Crippen molar-refractivity contribution >= 4 is 11.8 Å². The lowest BCUT2D eigenvalue weighted by molar-refractivity contribution is 0.0846. The number of amides is 2. The van der Waals surface area contributed by atoms with E-state index >= 15 is 0 Å². The molecule has 2 aromatic carbocycles. The summed E-state index contributed by atoms with van der Waals surface area (Å²) in [4.78, 5) is 24.3. The molecule has 0 spiro atoms. The molecule has 8 heteroatoms. The average molecular weight is 390 g/mol. The molecule has 0 heterocycles. The Morgan fingerprint density at radius 3 is 2.00 bits per heavy atom. The normalized spacial score (nSPS) is 10.1. The van der Waals surface area contributed by atoms with Crippen molar-refractivity contribution < 1.29 is 28.2 Å². The second-order valence-corrected chi connectivity index (χ2v) is 5.83. The zero-order valence-electron chi connectivity index (χ0n) is 16.0. The zero-order valence-corrected chi connectivity index (χ0v) is 16.0. The summed E-state index contributed by atoms with van der Waals surface area (Å²) in [5.74, 6) is -0.932. The second kappa shape index (κ2) is 10.1. The van der Waals surface area contributed by atoms with E-state index in [9.17, 15) is 14.0 Å². The Hall–Kier alpha value is -3.29. The average Bonchev–Trinajstić information content (AvgIpc) is 2.71. The fourth-order valence-electron chi connectivity index (χ4n) is 2.32.